The van der Waals surface area contributed by atoms with Crippen LogP contribution in [0.15, 0.2) is 12.2 Å². The lowest BCUT2D eigenvalue weighted by molar-refractivity contribution is -0.278. The van der Waals surface area contributed by atoms with Crippen LogP contribution in [0.1, 0.15) is 126 Å². The fourth-order valence-corrected chi connectivity index (χ4v) is 13.4. The molecule has 250 valence electrons. The molecule has 6 nitrogen and oxygen atoms in total. The van der Waals surface area contributed by atoms with Gasteiger partial charge in [0.2, 0.25) is 0 Å². The zero-order chi connectivity index (χ0) is 32.0. The Hall–Kier alpha value is -0.950. The molecule has 14 atom stereocenters. The van der Waals surface area contributed by atoms with Gasteiger partial charge in [0.1, 0.15) is 6.10 Å². The van der Waals surface area contributed by atoms with E-state index in [0.29, 0.717) is 42.6 Å². The molecule has 6 rings (SSSR count). The number of aliphatic hydroxyl groups is 2. The molecular weight excluding hydrogens is 552 g/mol. The van der Waals surface area contributed by atoms with Gasteiger partial charge in [0.15, 0.2) is 6.29 Å². The summed E-state index contributed by atoms with van der Waals surface area (Å²) in [6, 6.07) is 0. The Balaban J connectivity index is 1.27. The van der Waals surface area contributed by atoms with Gasteiger partial charge in [-0.05, 0) is 129 Å². The highest BCUT2D eigenvalue weighted by Gasteiger charge is 2.71. The minimum atomic E-state index is -0.880. The van der Waals surface area contributed by atoms with Gasteiger partial charge in [-0.2, -0.15) is 0 Å². The summed E-state index contributed by atoms with van der Waals surface area (Å²) in [5, 5.41) is 21.1. The lowest BCUT2D eigenvalue weighted by Crippen LogP contribution is -2.67. The quantitative estimate of drug-likeness (QED) is 0.247. The van der Waals surface area contributed by atoms with E-state index in [1.165, 1.54) is 44.1 Å². The molecule has 6 aliphatic rings. The highest BCUT2D eigenvalue weighted by molar-refractivity contribution is 5.65. The van der Waals surface area contributed by atoms with E-state index in [2.05, 4.69) is 48.1 Å². The van der Waals surface area contributed by atoms with Crippen molar-refractivity contribution in [3.8, 4) is 0 Å². The van der Waals surface area contributed by atoms with Crippen molar-refractivity contribution in [2.75, 3.05) is 6.61 Å². The third kappa shape index (κ3) is 4.72. The SMILES string of the molecule is C=C(C)[C@@H]1CC[C@]2(COC(C)=O)CC[C@]3(C)[C@H](CC[C@@H]4[C@@]5(C)CCC(O[C@@H]6C[C@@H](O)O[C@@H](C)[C@H]6O)C(C)(C)[C@@H]5CC[C@]43C)[C@@H]12. The minimum absolute atomic E-state index is 0.0272. The smallest absolute Gasteiger partial charge is 0.302 e. The number of ether oxygens (including phenoxy) is 3. The van der Waals surface area contributed by atoms with Crippen molar-refractivity contribution in [1.82, 2.24) is 0 Å². The molecular formula is C38H62O6. The number of hydrogen-bond donors (Lipinski definition) is 2. The largest absolute Gasteiger partial charge is 0.465 e. The molecule has 6 heteroatoms. The molecule has 2 N–H and O–H groups in total. The van der Waals surface area contributed by atoms with Crippen LogP contribution in [0, 0.1) is 56.7 Å². The Labute approximate surface area is 267 Å². The maximum absolute atomic E-state index is 12.0. The zero-order valence-corrected chi connectivity index (χ0v) is 29.0. The maximum atomic E-state index is 12.0. The molecule has 5 aliphatic carbocycles. The number of allylic oxidation sites excluding steroid dienone is 1. The predicted octanol–water partition coefficient (Wildman–Crippen LogP) is 7.45. The van der Waals surface area contributed by atoms with E-state index in [4.69, 9.17) is 14.2 Å². The van der Waals surface area contributed by atoms with Gasteiger partial charge in [-0.1, -0.05) is 46.8 Å². The number of carbonyl (C=O) groups excluding carboxylic acids is 1. The minimum Gasteiger partial charge on any atom is -0.465 e. The van der Waals surface area contributed by atoms with Crippen molar-refractivity contribution in [3.63, 3.8) is 0 Å². The molecule has 0 aromatic heterocycles. The first-order valence-corrected chi connectivity index (χ1v) is 18.0. The second-order valence-electron chi connectivity index (χ2n) is 17.9. The van der Waals surface area contributed by atoms with E-state index in [0.717, 1.165) is 25.7 Å². The summed E-state index contributed by atoms with van der Waals surface area (Å²) in [6.45, 7) is 23.5. The number of carbonyl (C=O) groups is 1. The first-order chi connectivity index (χ1) is 20.5. The standard InChI is InChI=1S/C38H62O6/c1-22(2)25-12-17-38(21-42-24(4)39)19-18-36(8)26(32(25)38)10-11-29-35(7)15-14-30(34(5,6)28(35)13-16-37(29,36)9)44-27-20-31(40)43-23(3)33(27)41/h23,25-33,40-41H,1,10-21H2,2-9H3/t23-,25-,26+,27+,28-,29+,30?,31-,32+,33+,35-,36+,37+,38+/m0/s1. The summed E-state index contributed by atoms with van der Waals surface area (Å²) in [5.41, 5.74) is 2.14. The average molecular weight is 615 g/mol. The summed E-state index contributed by atoms with van der Waals surface area (Å²) >= 11 is 0. The third-order valence-corrected chi connectivity index (χ3v) is 15.7. The van der Waals surface area contributed by atoms with Crippen LogP contribution in [0.5, 0.6) is 0 Å². The highest BCUT2D eigenvalue weighted by atomic mass is 16.6. The maximum Gasteiger partial charge on any atom is 0.302 e. The normalized spacial score (nSPS) is 53.0. The predicted molar refractivity (Wildman–Crippen MR) is 171 cm³/mol. The number of hydrogen-bond acceptors (Lipinski definition) is 6. The molecule has 0 aromatic carbocycles. The average Bonchev–Trinajstić information content (AvgIpc) is 3.32. The van der Waals surface area contributed by atoms with Crippen molar-refractivity contribution in [3.05, 3.63) is 12.2 Å². The van der Waals surface area contributed by atoms with Gasteiger partial charge in [-0.25, -0.2) is 0 Å². The zero-order valence-electron chi connectivity index (χ0n) is 29.0. The van der Waals surface area contributed by atoms with Crippen LogP contribution in [0.2, 0.25) is 0 Å². The molecule has 1 aliphatic heterocycles. The number of fused-ring (bicyclic) bond motifs is 7. The van der Waals surface area contributed by atoms with Crippen LogP contribution in [-0.2, 0) is 19.0 Å². The summed E-state index contributed by atoms with van der Waals surface area (Å²) < 4.78 is 18.1. The molecule has 0 spiro atoms. The Morgan fingerprint density at radius 3 is 2.30 bits per heavy atom. The van der Waals surface area contributed by atoms with Gasteiger partial charge in [0, 0.05) is 18.8 Å². The molecule has 6 fully saturated rings. The van der Waals surface area contributed by atoms with Crippen LogP contribution in [0.25, 0.3) is 0 Å². The number of esters is 1. The van der Waals surface area contributed by atoms with Gasteiger partial charge in [-0.15, -0.1) is 0 Å². The van der Waals surface area contributed by atoms with Crippen LogP contribution >= 0.6 is 0 Å². The number of aliphatic hydroxyl groups excluding tert-OH is 2. The van der Waals surface area contributed by atoms with Gasteiger partial charge < -0.3 is 24.4 Å². The molecule has 1 heterocycles. The fourth-order valence-electron chi connectivity index (χ4n) is 13.4. The van der Waals surface area contributed by atoms with Crippen molar-refractivity contribution < 1.29 is 29.2 Å². The molecule has 1 saturated heterocycles. The van der Waals surface area contributed by atoms with Crippen molar-refractivity contribution >= 4 is 5.97 Å². The van der Waals surface area contributed by atoms with E-state index in [1.54, 1.807) is 6.92 Å². The topological polar surface area (TPSA) is 85.2 Å². The summed E-state index contributed by atoms with van der Waals surface area (Å²) in [7, 11) is 0. The Morgan fingerprint density at radius 2 is 1.61 bits per heavy atom. The summed E-state index contributed by atoms with van der Waals surface area (Å²) in [5.74, 6) is 2.77. The van der Waals surface area contributed by atoms with Crippen molar-refractivity contribution in [2.24, 2.45) is 56.7 Å². The van der Waals surface area contributed by atoms with E-state index < -0.39 is 24.6 Å². The first-order valence-electron chi connectivity index (χ1n) is 18.0. The Morgan fingerprint density at radius 1 is 0.886 bits per heavy atom. The second kappa shape index (κ2) is 11.1. The molecule has 0 amide bonds. The van der Waals surface area contributed by atoms with Gasteiger partial charge in [0.05, 0.1) is 24.9 Å². The van der Waals surface area contributed by atoms with E-state index in [9.17, 15) is 15.0 Å². The molecule has 44 heavy (non-hydrogen) atoms. The molecule has 0 aromatic rings. The molecule has 5 saturated carbocycles. The lowest BCUT2D eigenvalue weighted by Gasteiger charge is -2.73. The van der Waals surface area contributed by atoms with Crippen LogP contribution in [-0.4, -0.2) is 53.5 Å². The third-order valence-electron chi connectivity index (χ3n) is 15.7. The Bertz CT molecular complexity index is 1130. The lowest BCUT2D eigenvalue weighted by atomic mass is 9.32. The Kier molecular flexibility index (Phi) is 8.29. The molecule has 1 unspecified atom stereocenters. The van der Waals surface area contributed by atoms with Crippen molar-refractivity contribution in [2.45, 2.75) is 157 Å². The fraction of sp³-hybridized carbons (Fsp3) is 0.921. The van der Waals surface area contributed by atoms with Crippen LogP contribution in [0.4, 0.5) is 0 Å². The molecule has 0 radical (unpaired) electrons. The van der Waals surface area contributed by atoms with Gasteiger partial charge >= 0.3 is 5.97 Å². The monoisotopic (exact) mass is 614 g/mol. The van der Waals surface area contributed by atoms with E-state index in [-0.39, 0.29) is 39.1 Å². The second-order valence-corrected chi connectivity index (χ2v) is 17.9. The van der Waals surface area contributed by atoms with E-state index >= 15 is 0 Å². The van der Waals surface area contributed by atoms with Crippen LogP contribution in [0.3, 0.4) is 0 Å². The van der Waals surface area contributed by atoms with E-state index in [1.807, 2.05) is 6.92 Å². The van der Waals surface area contributed by atoms with Crippen molar-refractivity contribution in [1.29, 1.82) is 0 Å². The summed E-state index contributed by atoms with van der Waals surface area (Å²) in [4.78, 5) is 12.0. The van der Waals surface area contributed by atoms with Gasteiger partial charge in [-0.3, -0.25) is 4.79 Å². The van der Waals surface area contributed by atoms with Crippen LogP contribution < -0.4 is 0 Å². The molecule has 0 bridgehead atoms. The number of rotatable bonds is 5. The highest BCUT2D eigenvalue weighted by Crippen LogP contribution is 2.77. The van der Waals surface area contributed by atoms with Gasteiger partial charge in [0.25, 0.3) is 0 Å². The summed E-state index contributed by atoms with van der Waals surface area (Å²) in [6.07, 6.45) is 9.82. The first kappa shape index (κ1) is 33.0.